The molecule has 5 nitrogen and oxygen atoms in total. The fourth-order valence-electron chi connectivity index (χ4n) is 1.22. The van der Waals surface area contributed by atoms with Crippen molar-refractivity contribution in [3.63, 3.8) is 0 Å². The summed E-state index contributed by atoms with van der Waals surface area (Å²) in [6.07, 6.45) is 2.84. The molecule has 1 saturated carbocycles. The van der Waals surface area contributed by atoms with Gasteiger partial charge in [-0.05, 0) is 12.8 Å². The Hall–Kier alpha value is -1.02. The molecule has 0 saturated heterocycles. The smallest absolute Gasteiger partial charge is 0.545 e. The van der Waals surface area contributed by atoms with Crippen molar-refractivity contribution in [3.05, 3.63) is 22.8 Å². The molecule has 84 valence electrons. The van der Waals surface area contributed by atoms with Gasteiger partial charge in [0.15, 0.2) is 0 Å². The van der Waals surface area contributed by atoms with Crippen LogP contribution in [-0.4, -0.2) is 16.9 Å². The maximum atomic E-state index is 11.4. The molecular formula is C10H8ClLiN2O3. The van der Waals surface area contributed by atoms with Gasteiger partial charge in [-0.2, -0.15) is 0 Å². The van der Waals surface area contributed by atoms with Gasteiger partial charge in [-0.25, -0.2) is 4.98 Å². The Balaban J connectivity index is 0.00000144. The zero-order chi connectivity index (χ0) is 11.7. The summed E-state index contributed by atoms with van der Waals surface area (Å²) >= 11 is 5.69. The largest absolute Gasteiger partial charge is 1.00 e. The fraction of sp³-hybridized carbons (Fsp3) is 0.300. The first-order valence-corrected chi connectivity index (χ1v) is 5.13. The number of carboxylic acids is 1. The molecule has 0 radical (unpaired) electrons. The minimum atomic E-state index is -1.39. The van der Waals surface area contributed by atoms with Gasteiger partial charge in [0, 0.05) is 23.7 Å². The van der Waals surface area contributed by atoms with Crippen LogP contribution in [0.1, 0.15) is 23.2 Å². The summed E-state index contributed by atoms with van der Waals surface area (Å²) in [5.41, 5.74) is -0.189. The van der Waals surface area contributed by atoms with E-state index in [1.165, 1.54) is 6.07 Å². The summed E-state index contributed by atoms with van der Waals surface area (Å²) in [7, 11) is 0. The van der Waals surface area contributed by atoms with Crippen molar-refractivity contribution in [1.82, 2.24) is 4.98 Å². The maximum absolute atomic E-state index is 11.4. The average molecular weight is 247 g/mol. The van der Waals surface area contributed by atoms with Crippen LogP contribution < -0.4 is 29.3 Å². The molecule has 1 aromatic rings. The number of nitrogens with one attached hydrogen (secondary N) is 1. The van der Waals surface area contributed by atoms with Crippen LogP contribution in [0.5, 0.6) is 0 Å². The third kappa shape index (κ3) is 3.47. The monoisotopic (exact) mass is 246 g/mol. The van der Waals surface area contributed by atoms with E-state index in [1.54, 1.807) is 0 Å². The standard InChI is InChI=1S/C10H9ClN2O3.Li/c11-7-3-8(12-4-6(7)10(15)16)13-9(14)5-1-2-5;/h3-5H,1-2H2,(H,15,16)(H,12,13,14);/q;+1/p-1. The third-order valence-corrected chi connectivity index (χ3v) is 2.59. The van der Waals surface area contributed by atoms with Gasteiger partial charge < -0.3 is 15.2 Å². The van der Waals surface area contributed by atoms with Gasteiger partial charge >= 0.3 is 18.9 Å². The van der Waals surface area contributed by atoms with Crippen molar-refractivity contribution in [3.8, 4) is 0 Å². The topological polar surface area (TPSA) is 82.1 Å². The number of carbonyl (C=O) groups is 2. The molecule has 0 atom stereocenters. The summed E-state index contributed by atoms with van der Waals surface area (Å²) in [5, 5.41) is 13.1. The molecule has 1 aliphatic rings. The van der Waals surface area contributed by atoms with Crippen molar-refractivity contribution in [2.24, 2.45) is 5.92 Å². The van der Waals surface area contributed by atoms with E-state index in [-0.39, 0.29) is 47.1 Å². The summed E-state index contributed by atoms with van der Waals surface area (Å²) in [6, 6.07) is 1.30. The van der Waals surface area contributed by atoms with Crippen LogP contribution in [0.15, 0.2) is 12.3 Å². The molecule has 0 aliphatic heterocycles. The van der Waals surface area contributed by atoms with Crippen molar-refractivity contribution in [2.45, 2.75) is 12.8 Å². The van der Waals surface area contributed by atoms with Crippen LogP contribution in [0, 0.1) is 5.92 Å². The molecule has 1 heterocycles. The zero-order valence-electron chi connectivity index (χ0n) is 9.20. The fourth-order valence-corrected chi connectivity index (χ4v) is 1.45. The van der Waals surface area contributed by atoms with Crippen molar-refractivity contribution in [2.75, 3.05) is 5.32 Å². The van der Waals surface area contributed by atoms with Crippen LogP contribution in [0.2, 0.25) is 5.02 Å². The molecular weight excluding hydrogens is 239 g/mol. The molecule has 1 aliphatic carbocycles. The average Bonchev–Trinajstić information content (AvgIpc) is 2.99. The van der Waals surface area contributed by atoms with Crippen LogP contribution in [-0.2, 0) is 4.79 Å². The first kappa shape index (κ1) is 14.0. The number of aromatic carboxylic acids is 1. The quantitative estimate of drug-likeness (QED) is 0.596. The number of rotatable bonds is 3. The van der Waals surface area contributed by atoms with Crippen LogP contribution >= 0.6 is 11.6 Å². The molecule has 1 aromatic heterocycles. The number of hydrogen-bond donors (Lipinski definition) is 1. The normalized spacial score (nSPS) is 13.7. The number of anilines is 1. The molecule has 2 rings (SSSR count). The first-order chi connectivity index (χ1) is 7.58. The predicted octanol–water partition coefficient (Wildman–Crippen LogP) is -2.55. The van der Waals surface area contributed by atoms with Crippen LogP contribution in [0.4, 0.5) is 5.82 Å². The summed E-state index contributed by atoms with van der Waals surface area (Å²) in [4.78, 5) is 25.7. The SMILES string of the molecule is O=C([O-])c1cnc(NC(=O)C2CC2)cc1Cl.[Li+]. The molecule has 0 bridgehead atoms. The van der Waals surface area contributed by atoms with Crippen molar-refractivity contribution < 1.29 is 33.6 Å². The van der Waals surface area contributed by atoms with E-state index in [1.807, 2.05) is 0 Å². The van der Waals surface area contributed by atoms with Crippen molar-refractivity contribution >= 4 is 29.3 Å². The number of aromatic nitrogens is 1. The van der Waals surface area contributed by atoms with Gasteiger partial charge in [0.25, 0.3) is 0 Å². The Labute approximate surface area is 115 Å². The number of carboxylic acid groups (broad SMARTS) is 1. The summed E-state index contributed by atoms with van der Waals surface area (Å²) in [6.45, 7) is 0. The second-order valence-corrected chi connectivity index (χ2v) is 4.01. The Morgan fingerprint density at radius 3 is 2.59 bits per heavy atom. The number of halogens is 1. The van der Waals surface area contributed by atoms with Gasteiger partial charge in [-0.3, -0.25) is 4.79 Å². The van der Waals surface area contributed by atoms with Gasteiger partial charge in [0.2, 0.25) is 5.91 Å². The summed E-state index contributed by atoms with van der Waals surface area (Å²) < 4.78 is 0. The minimum absolute atomic E-state index is 0. The molecule has 1 amide bonds. The molecule has 17 heavy (non-hydrogen) atoms. The second-order valence-electron chi connectivity index (χ2n) is 3.60. The van der Waals surface area contributed by atoms with E-state index in [2.05, 4.69) is 10.3 Å². The number of pyridine rings is 1. The maximum Gasteiger partial charge on any atom is 1.00 e. The molecule has 7 heteroatoms. The van der Waals surface area contributed by atoms with E-state index in [4.69, 9.17) is 11.6 Å². The Morgan fingerprint density at radius 2 is 2.12 bits per heavy atom. The predicted molar refractivity (Wildman–Crippen MR) is 54.9 cm³/mol. The Kier molecular flexibility index (Phi) is 4.58. The van der Waals surface area contributed by atoms with Gasteiger partial charge in [-0.1, -0.05) is 11.6 Å². The summed E-state index contributed by atoms with van der Waals surface area (Å²) in [5.74, 6) is -1.18. The van der Waals surface area contributed by atoms with Gasteiger partial charge in [-0.15, -0.1) is 0 Å². The van der Waals surface area contributed by atoms with Crippen LogP contribution in [0.25, 0.3) is 0 Å². The number of amides is 1. The Morgan fingerprint density at radius 1 is 1.47 bits per heavy atom. The number of carbonyl (C=O) groups excluding carboxylic acids is 2. The Bertz CT molecular complexity index is 463. The molecule has 0 unspecified atom stereocenters. The van der Waals surface area contributed by atoms with Crippen molar-refractivity contribution in [1.29, 1.82) is 0 Å². The minimum Gasteiger partial charge on any atom is -0.545 e. The van der Waals surface area contributed by atoms with E-state index in [9.17, 15) is 14.7 Å². The molecule has 0 aromatic carbocycles. The van der Waals surface area contributed by atoms with Crippen LogP contribution in [0.3, 0.4) is 0 Å². The molecule has 0 spiro atoms. The molecule has 1 N–H and O–H groups in total. The molecule has 1 fully saturated rings. The second kappa shape index (κ2) is 5.54. The zero-order valence-corrected chi connectivity index (χ0v) is 9.95. The number of nitrogens with zero attached hydrogens (tertiary/aromatic N) is 1. The number of hydrogen-bond acceptors (Lipinski definition) is 4. The van der Waals surface area contributed by atoms with E-state index < -0.39 is 5.97 Å². The first-order valence-electron chi connectivity index (χ1n) is 4.75. The van der Waals surface area contributed by atoms with Gasteiger partial charge in [0.1, 0.15) is 5.82 Å². The van der Waals surface area contributed by atoms with Gasteiger partial charge in [0.05, 0.1) is 11.0 Å². The van der Waals surface area contributed by atoms with E-state index in [0.717, 1.165) is 19.0 Å². The van der Waals surface area contributed by atoms with E-state index in [0.29, 0.717) is 0 Å². The third-order valence-electron chi connectivity index (χ3n) is 2.27. The van der Waals surface area contributed by atoms with E-state index >= 15 is 0 Å².